The van der Waals surface area contributed by atoms with E-state index in [0.29, 0.717) is 0 Å². The van der Waals surface area contributed by atoms with Gasteiger partial charge in [0.15, 0.2) is 0 Å². The Kier molecular flexibility index (Phi) is 1390. The van der Waals surface area contributed by atoms with Crippen LogP contribution in [0.2, 0.25) is 0 Å². The largest absolute Gasteiger partial charge is 0.344 e. The van der Waals surface area contributed by atoms with E-state index < -0.39 is 0 Å². The molecule has 0 fully saturated rings. The third-order valence-electron chi connectivity index (χ3n) is 0. The van der Waals surface area contributed by atoms with Gasteiger partial charge in [0.2, 0.25) is 0 Å². The van der Waals surface area contributed by atoms with Gasteiger partial charge in [0, 0.05) is 34.4 Å². The maximum absolute atomic E-state index is 0. The van der Waals surface area contributed by atoms with Gasteiger partial charge in [-0.2, -0.15) is 0 Å². The van der Waals surface area contributed by atoms with Crippen LogP contribution in [0, 0.1) is 0 Å². The first-order valence-corrected chi connectivity index (χ1v) is 0. The van der Waals surface area contributed by atoms with Gasteiger partial charge in [0.25, 0.3) is 0 Å². The molecule has 0 atom stereocenters. The summed E-state index contributed by atoms with van der Waals surface area (Å²) in [6.07, 6.45) is 0. The Labute approximate surface area is 57.9 Å². The Hall–Kier alpha value is 1.23. The van der Waals surface area contributed by atoms with Crippen molar-refractivity contribution in [1.82, 2.24) is 6.15 Å². The minimum atomic E-state index is 0. The van der Waals surface area contributed by atoms with E-state index in [4.69, 9.17) is 0 Å². The number of halogens is 2. The summed E-state index contributed by atoms with van der Waals surface area (Å²) in [4.78, 5) is 0. The molecule has 0 spiro atoms. The average Bonchev–Trinajstić information content (AvgIpc) is 0. The SMILES string of the molecule is Cl.F.N.[Cr].[Fe]. The Morgan fingerprint density at radius 2 is 1.00 bits per heavy atom. The second kappa shape index (κ2) is 61.7. The van der Waals surface area contributed by atoms with Crippen molar-refractivity contribution < 1.29 is 39.1 Å². The van der Waals surface area contributed by atoms with Crippen LogP contribution in [0.1, 0.15) is 0 Å². The molecular weight excluding hydrogens is 176 g/mol. The van der Waals surface area contributed by atoms with Gasteiger partial charge in [-0.15, -0.1) is 12.4 Å². The predicted molar refractivity (Wildman–Crippen MR) is 14.8 cm³/mol. The fourth-order valence-corrected chi connectivity index (χ4v) is 0. The van der Waals surface area contributed by atoms with E-state index >= 15 is 0 Å². The topological polar surface area (TPSA) is 35.0 Å². The van der Waals surface area contributed by atoms with Crippen molar-refractivity contribution in [3.8, 4) is 0 Å². The van der Waals surface area contributed by atoms with Crippen molar-refractivity contribution in [2.45, 2.75) is 0 Å². The fraction of sp³-hybridized carbons (Fsp3) is 0. The van der Waals surface area contributed by atoms with Crippen molar-refractivity contribution in [1.29, 1.82) is 0 Å². The van der Waals surface area contributed by atoms with Crippen LogP contribution in [0.5, 0.6) is 0 Å². The van der Waals surface area contributed by atoms with E-state index in [1.165, 1.54) is 0 Å². The van der Waals surface area contributed by atoms with Gasteiger partial charge in [-0.1, -0.05) is 0 Å². The molecule has 3 N–H and O–H groups in total. The molecule has 0 aromatic carbocycles. The molecule has 1 nitrogen and oxygen atoms in total. The Balaban J connectivity index is 0. The second-order valence-electron chi connectivity index (χ2n) is 0. The van der Waals surface area contributed by atoms with Crippen molar-refractivity contribution >= 4 is 12.4 Å². The quantitative estimate of drug-likeness (QED) is 0.549. The van der Waals surface area contributed by atoms with Gasteiger partial charge in [-0.05, 0) is 0 Å². The zero-order valence-electron chi connectivity index (χ0n) is 2.29. The van der Waals surface area contributed by atoms with Crippen molar-refractivity contribution in [2.24, 2.45) is 0 Å². The summed E-state index contributed by atoms with van der Waals surface area (Å²) in [6.45, 7) is 0. The van der Waals surface area contributed by atoms with Gasteiger partial charge in [-0.3, -0.25) is 4.70 Å². The average molecular weight is 181 g/mol. The third kappa shape index (κ3) is 36.0. The van der Waals surface area contributed by atoms with E-state index in [2.05, 4.69) is 0 Å². The van der Waals surface area contributed by atoms with Gasteiger partial charge >= 0.3 is 0 Å². The molecular formula is H5ClCrFFeN. The molecule has 0 radical (unpaired) electrons. The van der Waals surface area contributed by atoms with Crippen LogP contribution in [-0.4, -0.2) is 0 Å². The van der Waals surface area contributed by atoms with E-state index in [9.17, 15) is 0 Å². The summed E-state index contributed by atoms with van der Waals surface area (Å²) in [7, 11) is 0. The van der Waals surface area contributed by atoms with Crippen molar-refractivity contribution in [2.75, 3.05) is 0 Å². The molecule has 0 unspecified atom stereocenters. The summed E-state index contributed by atoms with van der Waals surface area (Å²) in [5, 5.41) is 0. The van der Waals surface area contributed by atoms with Crippen LogP contribution >= 0.6 is 12.4 Å². The Morgan fingerprint density at radius 3 is 1.00 bits per heavy atom. The zero-order chi connectivity index (χ0) is 0. The smallest absolute Gasteiger partial charge is 0 e. The van der Waals surface area contributed by atoms with Crippen LogP contribution in [0.3, 0.4) is 0 Å². The summed E-state index contributed by atoms with van der Waals surface area (Å²) < 4.78 is 0. The number of rotatable bonds is 0. The monoisotopic (exact) mass is 181 g/mol. The molecule has 0 aromatic heterocycles. The van der Waals surface area contributed by atoms with Crippen LogP contribution in [-0.2, 0) is 34.4 Å². The van der Waals surface area contributed by atoms with Gasteiger partial charge in [-0.25, -0.2) is 0 Å². The molecule has 0 bridgehead atoms. The summed E-state index contributed by atoms with van der Waals surface area (Å²) in [5.41, 5.74) is 0. The van der Waals surface area contributed by atoms with Crippen molar-refractivity contribution in [3.05, 3.63) is 0 Å². The number of hydrogen-bond donors (Lipinski definition) is 1. The molecule has 0 rings (SSSR count). The first-order valence-electron chi connectivity index (χ1n) is 0. The van der Waals surface area contributed by atoms with E-state index in [-0.39, 0.29) is 57.7 Å². The standard InChI is InChI=1S/ClH.Cr.FH.Fe.H3N/h1H;;1H;;1H3. The normalized spacial score (nSPS) is 0. The molecule has 0 heterocycles. The van der Waals surface area contributed by atoms with Gasteiger partial charge in [0.1, 0.15) is 0 Å². The van der Waals surface area contributed by atoms with Gasteiger partial charge in [0.05, 0.1) is 0 Å². The molecule has 0 aliphatic heterocycles. The second-order valence-corrected chi connectivity index (χ2v) is 0. The maximum atomic E-state index is 0. The maximum Gasteiger partial charge on any atom is 0 e. The molecule has 0 aromatic rings. The molecule has 0 saturated carbocycles. The summed E-state index contributed by atoms with van der Waals surface area (Å²) in [6, 6.07) is 0. The predicted octanol–water partition coefficient (Wildman–Crippen LogP) is 0.731. The molecule has 0 aliphatic rings. The summed E-state index contributed by atoms with van der Waals surface area (Å²) >= 11 is 0. The fourth-order valence-electron chi connectivity index (χ4n) is 0. The Morgan fingerprint density at radius 1 is 1.00 bits per heavy atom. The molecule has 0 amide bonds. The summed E-state index contributed by atoms with van der Waals surface area (Å²) in [5.74, 6) is 0. The minimum Gasteiger partial charge on any atom is -0.344 e. The van der Waals surface area contributed by atoms with Crippen LogP contribution in [0.15, 0.2) is 0 Å². The molecule has 0 saturated heterocycles. The first-order chi connectivity index (χ1) is 0. The molecule has 38 valence electrons. The van der Waals surface area contributed by atoms with Gasteiger partial charge < -0.3 is 6.15 Å². The molecule has 5 heteroatoms. The number of hydrogen-bond acceptors (Lipinski definition) is 1. The van der Waals surface area contributed by atoms with E-state index in [0.717, 1.165) is 0 Å². The van der Waals surface area contributed by atoms with Crippen LogP contribution in [0.25, 0.3) is 0 Å². The van der Waals surface area contributed by atoms with E-state index in [1.54, 1.807) is 0 Å². The van der Waals surface area contributed by atoms with Crippen molar-refractivity contribution in [3.63, 3.8) is 0 Å². The van der Waals surface area contributed by atoms with Crippen LogP contribution < -0.4 is 6.15 Å². The van der Waals surface area contributed by atoms with E-state index in [1.807, 2.05) is 0 Å². The minimum absolute atomic E-state index is 0. The molecule has 5 heavy (non-hydrogen) atoms. The molecule has 0 aliphatic carbocycles. The Bertz CT molecular complexity index is 11.6. The third-order valence-corrected chi connectivity index (χ3v) is 0. The van der Waals surface area contributed by atoms with Crippen LogP contribution in [0.4, 0.5) is 4.70 Å². The first kappa shape index (κ1) is 112. The zero-order valence-corrected chi connectivity index (χ0v) is 5.48.